The van der Waals surface area contributed by atoms with Crippen LogP contribution in [0.15, 0.2) is 60.7 Å². The lowest BCUT2D eigenvalue weighted by molar-refractivity contribution is -0.150. The molecule has 4 nitrogen and oxygen atoms in total. The van der Waals surface area contributed by atoms with Crippen molar-refractivity contribution in [3.8, 4) is 0 Å². The van der Waals surface area contributed by atoms with Crippen LogP contribution in [0.1, 0.15) is 19.4 Å². The van der Waals surface area contributed by atoms with Crippen LogP contribution in [-0.2, 0) is 15.5 Å². The summed E-state index contributed by atoms with van der Waals surface area (Å²) in [5.74, 6) is -5.85. The Morgan fingerprint density at radius 3 is 1.88 bits per heavy atom. The molecular formula is C18H18F2N2O2. The normalized spacial score (nSPS) is 11.7. The van der Waals surface area contributed by atoms with E-state index in [-0.39, 0.29) is 0 Å². The molecule has 2 rings (SSSR count). The van der Waals surface area contributed by atoms with Crippen LogP contribution < -0.4 is 10.6 Å². The predicted molar refractivity (Wildman–Crippen MR) is 87.6 cm³/mol. The second-order valence-corrected chi connectivity index (χ2v) is 5.84. The molecule has 2 aromatic carbocycles. The van der Waals surface area contributed by atoms with E-state index in [9.17, 15) is 18.4 Å². The Morgan fingerprint density at radius 1 is 0.833 bits per heavy atom. The smallest absolute Gasteiger partial charge is 0.337 e. The fourth-order valence-electron chi connectivity index (χ4n) is 2.01. The highest BCUT2D eigenvalue weighted by Gasteiger charge is 2.44. The van der Waals surface area contributed by atoms with Crippen LogP contribution in [0.4, 0.5) is 14.5 Å². The third-order valence-corrected chi connectivity index (χ3v) is 3.45. The van der Waals surface area contributed by atoms with Gasteiger partial charge in [-0.3, -0.25) is 9.59 Å². The molecule has 2 N–H and O–H groups in total. The molecular weight excluding hydrogens is 314 g/mol. The van der Waals surface area contributed by atoms with Gasteiger partial charge in [0, 0.05) is 11.3 Å². The van der Waals surface area contributed by atoms with Crippen LogP contribution in [0.2, 0.25) is 0 Å². The van der Waals surface area contributed by atoms with Crippen LogP contribution in [0.25, 0.3) is 0 Å². The monoisotopic (exact) mass is 332 g/mol. The molecule has 0 aliphatic heterocycles. The summed E-state index contributed by atoms with van der Waals surface area (Å²) < 4.78 is 28.5. The maximum absolute atomic E-state index is 14.2. The van der Waals surface area contributed by atoms with Crippen molar-refractivity contribution in [1.82, 2.24) is 5.32 Å². The molecule has 0 saturated heterocycles. The minimum atomic E-state index is -3.73. The minimum Gasteiger partial charge on any atom is -0.337 e. The Balaban J connectivity index is 2.10. The molecule has 0 radical (unpaired) electrons. The summed E-state index contributed by atoms with van der Waals surface area (Å²) >= 11 is 0. The Hall–Kier alpha value is -2.76. The molecule has 6 heteroatoms. The number of carbonyl (C=O) groups excluding carboxylic acids is 2. The predicted octanol–water partition coefficient (Wildman–Crippen LogP) is 3.31. The summed E-state index contributed by atoms with van der Waals surface area (Å²) in [7, 11) is 0. The lowest BCUT2D eigenvalue weighted by Crippen LogP contribution is -2.55. The van der Waals surface area contributed by atoms with Crippen molar-refractivity contribution in [2.45, 2.75) is 25.3 Å². The van der Waals surface area contributed by atoms with Crippen molar-refractivity contribution in [2.24, 2.45) is 0 Å². The van der Waals surface area contributed by atoms with Crippen molar-refractivity contribution < 1.29 is 18.4 Å². The van der Waals surface area contributed by atoms with Crippen LogP contribution >= 0.6 is 0 Å². The number of hydrogen-bond acceptors (Lipinski definition) is 2. The van der Waals surface area contributed by atoms with Gasteiger partial charge in [0.2, 0.25) is 5.91 Å². The van der Waals surface area contributed by atoms with Crippen LogP contribution in [0.3, 0.4) is 0 Å². The van der Waals surface area contributed by atoms with Gasteiger partial charge in [0.1, 0.15) is 5.54 Å². The number of amides is 2. The van der Waals surface area contributed by atoms with Gasteiger partial charge in [-0.2, -0.15) is 8.78 Å². The van der Waals surface area contributed by atoms with E-state index in [0.717, 1.165) is 12.1 Å². The van der Waals surface area contributed by atoms with E-state index in [1.807, 2.05) is 0 Å². The number of hydrogen-bond donors (Lipinski definition) is 2. The lowest BCUT2D eigenvalue weighted by atomic mass is 10.0. The highest BCUT2D eigenvalue weighted by Crippen LogP contribution is 2.28. The molecule has 0 atom stereocenters. The van der Waals surface area contributed by atoms with E-state index in [4.69, 9.17) is 0 Å². The van der Waals surface area contributed by atoms with Gasteiger partial charge in [-0.05, 0) is 26.0 Å². The number of halogens is 2. The van der Waals surface area contributed by atoms with E-state index >= 15 is 0 Å². The summed E-state index contributed by atoms with van der Waals surface area (Å²) in [6, 6.07) is 15.3. The van der Waals surface area contributed by atoms with Gasteiger partial charge < -0.3 is 10.6 Å². The van der Waals surface area contributed by atoms with Gasteiger partial charge in [-0.25, -0.2) is 0 Å². The molecule has 0 bridgehead atoms. The van der Waals surface area contributed by atoms with Crippen LogP contribution in [0.5, 0.6) is 0 Å². The number of nitrogens with one attached hydrogen (secondary N) is 2. The van der Waals surface area contributed by atoms with E-state index in [1.165, 1.54) is 26.0 Å². The van der Waals surface area contributed by atoms with Crippen molar-refractivity contribution in [1.29, 1.82) is 0 Å². The van der Waals surface area contributed by atoms with Gasteiger partial charge in [-0.1, -0.05) is 48.5 Å². The Kier molecular flexibility index (Phi) is 4.97. The number of benzene rings is 2. The Bertz CT molecular complexity index is 716. The van der Waals surface area contributed by atoms with E-state index in [0.29, 0.717) is 5.69 Å². The highest BCUT2D eigenvalue weighted by atomic mass is 19.3. The summed E-state index contributed by atoms with van der Waals surface area (Å²) in [6.45, 7) is 2.73. The molecule has 0 aromatic heterocycles. The minimum absolute atomic E-state index is 0.429. The third-order valence-electron chi connectivity index (χ3n) is 3.45. The summed E-state index contributed by atoms with van der Waals surface area (Å²) in [6.07, 6.45) is 0. The average molecular weight is 332 g/mol. The first kappa shape index (κ1) is 17.6. The van der Waals surface area contributed by atoms with Crippen molar-refractivity contribution in [3.05, 3.63) is 66.2 Å². The van der Waals surface area contributed by atoms with Crippen molar-refractivity contribution >= 4 is 17.5 Å². The van der Waals surface area contributed by atoms with Crippen molar-refractivity contribution in [2.75, 3.05) is 5.32 Å². The van der Waals surface area contributed by atoms with Gasteiger partial charge in [0.25, 0.3) is 5.91 Å². The zero-order valence-corrected chi connectivity index (χ0v) is 13.3. The van der Waals surface area contributed by atoms with Crippen LogP contribution in [-0.4, -0.2) is 17.4 Å². The van der Waals surface area contributed by atoms with Gasteiger partial charge in [0.15, 0.2) is 0 Å². The van der Waals surface area contributed by atoms with E-state index in [2.05, 4.69) is 10.6 Å². The van der Waals surface area contributed by atoms with E-state index < -0.39 is 28.8 Å². The maximum Gasteiger partial charge on any atom is 0.349 e. The van der Waals surface area contributed by atoms with Gasteiger partial charge in [0.05, 0.1) is 0 Å². The summed E-state index contributed by atoms with van der Waals surface area (Å²) in [5.41, 5.74) is -1.42. The first-order valence-corrected chi connectivity index (χ1v) is 7.36. The second-order valence-electron chi connectivity index (χ2n) is 5.84. The molecule has 0 fully saturated rings. The summed E-state index contributed by atoms with van der Waals surface area (Å²) in [4.78, 5) is 24.3. The Labute approximate surface area is 138 Å². The highest BCUT2D eigenvalue weighted by molar-refractivity contribution is 6.00. The average Bonchev–Trinajstić information content (AvgIpc) is 2.56. The van der Waals surface area contributed by atoms with Gasteiger partial charge >= 0.3 is 5.92 Å². The number of carbonyl (C=O) groups is 2. The molecule has 0 aliphatic carbocycles. The number of para-hydroxylation sites is 1. The number of alkyl halides is 2. The molecule has 0 unspecified atom stereocenters. The molecule has 0 aliphatic rings. The fourth-order valence-corrected chi connectivity index (χ4v) is 2.01. The lowest BCUT2D eigenvalue weighted by Gasteiger charge is -2.27. The molecule has 0 heterocycles. The van der Waals surface area contributed by atoms with Crippen molar-refractivity contribution in [3.63, 3.8) is 0 Å². The van der Waals surface area contributed by atoms with Crippen LogP contribution in [0, 0.1) is 0 Å². The topological polar surface area (TPSA) is 58.2 Å². The zero-order valence-electron chi connectivity index (χ0n) is 13.3. The zero-order chi connectivity index (χ0) is 17.8. The quantitative estimate of drug-likeness (QED) is 0.882. The molecule has 0 spiro atoms. The third kappa shape index (κ3) is 3.95. The molecule has 24 heavy (non-hydrogen) atoms. The maximum atomic E-state index is 14.2. The van der Waals surface area contributed by atoms with Gasteiger partial charge in [-0.15, -0.1) is 0 Å². The summed E-state index contributed by atoms with van der Waals surface area (Å²) in [5, 5.41) is 4.69. The molecule has 2 aromatic rings. The van der Waals surface area contributed by atoms with E-state index in [1.54, 1.807) is 36.4 Å². The number of rotatable bonds is 5. The molecule has 126 valence electrons. The second kappa shape index (κ2) is 6.78. The first-order valence-electron chi connectivity index (χ1n) is 7.36. The first-order chi connectivity index (χ1) is 11.2. The Morgan fingerprint density at radius 2 is 1.33 bits per heavy atom. The largest absolute Gasteiger partial charge is 0.349 e. The SMILES string of the molecule is CC(C)(NC(=O)C(F)(F)c1ccccc1)C(=O)Nc1ccccc1. The molecule has 2 amide bonds. The fraction of sp³-hybridized carbons (Fsp3) is 0.222. The number of anilines is 1. The molecule has 0 saturated carbocycles. The standard InChI is InChI=1S/C18H18F2N2O2/c1-17(2,15(23)21-14-11-7-4-8-12-14)22-16(24)18(19,20)13-9-5-3-6-10-13/h3-12H,1-2H3,(H,21,23)(H,22,24).